The Morgan fingerprint density at radius 1 is 0.783 bits per heavy atom. The van der Waals surface area contributed by atoms with Gasteiger partial charge in [0.2, 0.25) is 5.78 Å². The van der Waals surface area contributed by atoms with Gasteiger partial charge in [-0.15, -0.1) is 0 Å². The summed E-state index contributed by atoms with van der Waals surface area (Å²) in [4.78, 5) is 15.5. The van der Waals surface area contributed by atoms with Gasteiger partial charge in [-0.3, -0.25) is 4.79 Å². The summed E-state index contributed by atoms with van der Waals surface area (Å²) < 4.78 is 14.7. The highest BCUT2D eigenvalue weighted by Crippen LogP contribution is 2.40. The lowest BCUT2D eigenvalue weighted by Gasteiger charge is -2.29. The van der Waals surface area contributed by atoms with Crippen molar-refractivity contribution in [3.05, 3.63) is 141 Å². The fourth-order valence-corrected chi connectivity index (χ4v) is 5.13. The molecule has 5 rings (SSSR count). The van der Waals surface area contributed by atoms with E-state index < -0.39 is 0 Å². The molecule has 0 spiro atoms. The molecule has 1 N–H and O–H groups in total. The number of ether oxygens (including phenoxy) is 2. The maximum absolute atomic E-state index is 13.5. The zero-order valence-corrected chi connectivity index (χ0v) is 28.6. The molecular formula is C40H45N2O4+. The lowest BCUT2D eigenvalue weighted by molar-refractivity contribution is -0.462. The van der Waals surface area contributed by atoms with Crippen LogP contribution in [-0.2, 0) is 14.3 Å². The van der Waals surface area contributed by atoms with E-state index in [-0.39, 0.29) is 33.5 Å². The molecule has 0 saturated heterocycles. The Morgan fingerprint density at radius 3 is 1.93 bits per heavy atom. The number of hydrogen-bond acceptors (Lipinski definition) is 5. The molecule has 4 aliphatic rings. The van der Waals surface area contributed by atoms with Gasteiger partial charge < -0.3 is 19.5 Å². The first-order valence-corrected chi connectivity index (χ1v) is 15.6. The Kier molecular flexibility index (Phi) is 8.61. The summed E-state index contributed by atoms with van der Waals surface area (Å²) in [6.07, 6.45) is 19.3. The van der Waals surface area contributed by atoms with Gasteiger partial charge in [0.15, 0.2) is 5.71 Å². The zero-order valence-electron chi connectivity index (χ0n) is 28.6. The van der Waals surface area contributed by atoms with Crippen LogP contribution in [0.3, 0.4) is 0 Å². The Bertz CT molecular complexity index is 1810. The molecule has 238 valence electrons. The molecule has 1 aromatic carbocycles. The number of ketones is 1. The molecule has 2 aliphatic carbocycles. The number of aliphatic hydroxyl groups is 1. The number of hydrogen-bond donors (Lipinski definition) is 1. The van der Waals surface area contributed by atoms with Crippen LogP contribution in [-0.4, -0.2) is 49.4 Å². The normalized spacial score (nSPS) is 20.2. The number of carbonyl (C=O) groups is 1. The summed E-state index contributed by atoms with van der Waals surface area (Å²) >= 11 is 0. The SMILES string of the molecule is CN(C)c1ccc(C2=CC(=CC3=C(O)C(=CC4=CC(=C5C=CC(=[N+](C)C)C=C5)OC(C(C)(C)C)=C4)C3=O)C=C(C(C)(C)C)O2)cc1. The summed E-state index contributed by atoms with van der Waals surface area (Å²) in [6.45, 7) is 12.5. The molecule has 2 aliphatic heterocycles. The van der Waals surface area contributed by atoms with Crippen molar-refractivity contribution >= 4 is 22.9 Å². The number of anilines is 1. The van der Waals surface area contributed by atoms with Gasteiger partial charge in [0, 0.05) is 53.9 Å². The van der Waals surface area contributed by atoms with Crippen LogP contribution in [0, 0.1) is 10.8 Å². The van der Waals surface area contributed by atoms with E-state index in [1.54, 1.807) is 12.2 Å². The topological polar surface area (TPSA) is 62.0 Å². The third kappa shape index (κ3) is 6.86. The molecule has 0 unspecified atom stereocenters. The van der Waals surface area contributed by atoms with Crippen molar-refractivity contribution in [2.75, 3.05) is 33.1 Å². The van der Waals surface area contributed by atoms with E-state index in [0.29, 0.717) is 11.5 Å². The van der Waals surface area contributed by atoms with Gasteiger partial charge in [-0.2, -0.15) is 0 Å². The van der Waals surface area contributed by atoms with E-state index >= 15 is 0 Å². The molecule has 46 heavy (non-hydrogen) atoms. The maximum Gasteiger partial charge on any atom is 0.200 e. The van der Waals surface area contributed by atoms with Crippen molar-refractivity contribution in [3.8, 4) is 0 Å². The Labute approximate surface area is 273 Å². The van der Waals surface area contributed by atoms with Gasteiger partial charge in [-0.05, 0) is 84.0 Å². The fraction of sp³-hybridized carbons (Fsp3) is 0.300. The van der Waals surface area contributed by atoms with E-state index in [9.17, 15) is 9.90 Å². The molecule has 0 aromatic heterocycles. The Balaban J connectivity index is 1.51. The molecule has 0 radical (unpaired) electrons. The number of allylic oxidation sites excluding steroid dienone is 17. The monoisotopic (exact) mass is 617 g/mol. The lowest BCUT2D eigenvalue weighted by Crippen LogP contribution is -2.22. The van der Waals surface area contributed by atoms with Gasteiger partial charge in [-0.25, -0.2) is 4.58 Å². The van der Waals surface area contributed by atoms with Crippen molar-refractivity contribution in [2.45, 2.75) is 41.5 Å². The lowest BCUT2D eigenvalue weighted by atomic mass is 9.83. The van der Waals surface area contributed by atoms with Gasteiger partial charge in [-0.1, -0.05) is 41.5 Å². The van der Waals surface area contributed by atoms with Gasteiger partial charge in [0.1, 0.15) is 42.9 Å². The standard InChI is InChI=1S/C40H44N2O4/c1-39(2,3)35-23-25(21-33(45-35)27-11-15-29(16-12-27)41(7)8)19-31-37(43)32(38(31)44)20-26-22-34(46-36(24-26)40(4,5)6)28-13-17-30(18-14-28)42(9)10/h11-24H,1-10H3/p+1. The number of benzene rings is 1. The number of nitrogens with zero attached hydrogens (tertiary/aromatic N) is 2. The van der Waals surface area contributed by atoms with Crippen molar-refractivity contribution in [2.24, 2.45) is 10.8 Å². The largest absolute Gasteiger partial charge is 0.506 e. The summed E-state index contributed by atoms with van der Waals surface area (Å²) in [5, 5.41) is 11.2. The minimum Gasteiger partial charge on any atom is -0.506 e. The smallest absolute Gasteiger partial charge is 0.200 e. The fourth-order valence-electron chi connectivity index (χ4n) is 5.13. The number of Topliss-reactive ketones (excluding diaryl/α,β-unsaturated/α-hetero) is 1. The second-order valence-corrected chi connectivity index (χ2v) is 14.4. The molecule has 0 atom stereocenters. The van der Waals surface area contributed by atoms with Crippen LogP contribution in [0.15, 0.2) is 136 Å². The van der Waals surface area contributed by atoms with Crippen LogP contribution in [0.4, 0.5) is 5.69 Å². The maximum atomic E-state index is 13.5. The first-order chi connectivity index (χ1) is 21.5. The second-order valence-electron chi connectivity index (χ2n) is 14.4. The molecule has 1 aromatic rings. The van der Waals surface area contributed by atoms with Crippen LogP contribution in [0.1, 0.15) is 47.1 Å². The molecule has 6 heteroatoms. The van der Waals surface area contributed by atoms with Crippen LogP contribution < -0.4 is 4.90 Å². The number of rotatable bonds is 4. The third-order valence-corrected chi connectivity index (χ3v) is 8.07. The van der Waals surface area contributed by atoms with E-state index in [4.69, 9.17) is 9.47 Å². The average Bonchev–Trinajstić information content (AvgIpc) is 3.01. The average molecular weight is 618 g/mol. The molecule has 2 heterocycles. The minimum absolute atomic E-state index is 0.0185. The van der Waals surface area contributed by atoms with E-state index in [1.807, 2.05) is 111 Å². The highest BCUT2D eigenvalue weighted by molar-refractivity contribution is 6.21. The van der Waals surface area contributed by atoms with Crippen molar-refractivity contribution < 1.29 is 24.0 Å². The van der Waals surface area contributed by atoms with Gasteiger partial charge in [0.25, 0.3) is 0 Å². The first-order valence-electron chi connectivity index (χ1n) is 15.6. The van der Waals surface area contributed by atoms with E-state index in [2.05, 4.69) is 41.5 Å². The highest BCUT2D eigenvalue weighted by atomic mass is 16.5. The van der Waals surface area contributed by atoms with Crippen molar-refractivity contribution in [3.63, 3.8) is 0 Å². The van der Waals surface area contributed by atoms with Gasteiger partial charge in [0.05, 0.1) is 11.1 Å². The summed E-state index contributed by atoms with van der Waals surface area (Å²) in [6, 6.07) is 8.15. The van der Waals surface area contributed by atoms with Gasteiger partial charge >= 0.3 is 0 Å². The molecule has 0 bridgehead atoms. The predicted molar refractivity (Wildman–Crippen MR) is 187 cm³/mol. The van der Waals surface area contributed by atoms with Crippen molar-refractivity contribution in [1.29, 1.82) is 0 Å². The summed E-state index contributed by atoms with van der Waals surface area (Å²) in [5.74, 6) is 2.73. The van der Waals surface area contributed by atoms with Crippen LogP contribution >= 0.6 is 0 Å². The summed E-state index contributed by atoms with van der Waals surface area (Å²) in [5.41, 5.74) is 5.65. The Morgan fingerprint density at radius 2 is 1.39 bits per heavy atom. The quantitative estimate of drug-likeness (QED) is 0.272. The third-order valence-electron chi connectivity index (χ3n) is 8.07. The summed E-state index contributed by atoms with van der Waals surface area (Å²) in [7, 11) is 8.02. The second kappa shape index (κ2) is 12.2. The molecular weight excluding hydrogens is 572 g/mol. The van der Waals surface area contributed by atoms with Crippen LogP contribution in [0.25, 0.3) is 5.76 Å². The zero-order chi connectivity index (χ0) is 33.6. The minimum atomic E-state index is -0.263. The molecule has 0 fully saturated rings. The molecule has 0 saturated carbocycles. The Hall–Kier alpha value is -4.84. The first kappa shape index (κ1) is 32.6. The van der Waals surface area contributed by atoms with E-state index in [1.165, 1.54) is 0 Å². The number of carbonyl (C=O) groups excluding carboxylic acids is 1. The molecule has 6 nitrogen and oxygen atoms in total. The predicted octanol–water partition coefficient (Wildman–Crippen LogP) is 8.28. The molecule has 0 amide bonds. The van der Waals surface area contributed by atoms with Crippen LogP contribution in [0.2, 0.25) is 0 Å². The number of aliphatic hydroxyl groups excluding tert-OH is 1. The highest BCUT2D eigenvalue weighted by Gasteiger charge is 2.34. The van der Waals surface area contributed by atoms with Crippen LogP contribution in [0.5, 0.6) is 0 Å². The van der Waals surface area contributed by atoms with E-state index in [0.717, 1.165) is 45.2 Å². The van der Waals surface area contributed by atoms with Crippen molar-refractivity contribution in [1.82, 2.24) is 0 Å².